The van der Waals surface area contributed by atoms with Gasteiger partial charge in [0.1, 0.15) is 5.76 Å². The Hall–Kier alpha value is -4.26. The maximum Gasteiger partial charge on any atom is 0.338 e. The highest BCUT2D eigenvalue weighted by molar-refractivity contribution is 6.51. The molecule has 0 bridgehead atoms. The molecule has 1 unspecified atom stereocenters. The summed E-state index contributed by atoms with van der Waals surface area (Å²) in [6, 6.07) is 15.9. The Kier molecular flexibility index (Phi) is 6.27. The summed E-state index contributed by atoms with van der Waals surface area (Å²) in [6.45, 7) is 5.40. The van der Waals surface area contributed by atoms with Crippen molar-refractivity contribution in [2.45, 2.75) is 32.9 Å². The van der Waals surface area contributed by atoms with Crippen LogP contribution in [0.3, 0.4) is 0 Å². The van der Waals surface area contributed by atoms with E-state index in [2.05, 4.69) is 4.98 Å². The number of aliphatic hydroxyl groups excluding tert-OH is 1. The molecule has 7 nitrogen and oxygen atoms in total. The zero-order valence-electron chi connectivity index (χ0n) is 19.1. The van der Waals surface area contributed by atoms with Crippen molar-refractivity contribution < 1.29 is 24.2 Å². The quantitative estimate of drug-likeness (QED) is 0.261. The third-order valence-corrected chi connectivity index (χ3v) is 5.47. The maximum atomic E-state index is 13.2. The van der Waals surface area contributed by atoms with Crippen molar-refractivity contribution in [2.75, 3.05) is 4.90 Å². The van der Waals surface area contributed by atoms with E-state index in [1.807, 2.05) is 19.1 Å². The SMILES string of the molecule is Cc1ccc(/C(O)=C2\C(=O)C(=O)N(c3cccc(C(=O)OC(C)C)c3)C2c2cccnc2)cc1. The number of carbonyl (C=O) groups is 3. The zero-order chi connectivity index (χ0) is 24.4. The van der Waals surface area contributed by atoms with Gasteiger partial charge in [-0.15, -0.1) is 0 Å². The van der Waals surface area contributed by atoms with Crippen LogP contribution in [0.15, 0.2) is 78.6 Å². The van der Waals surface area contributed by atoms with Gasteiger partial charge in [-0.25, -0.2) is 4.79 Å². The Labute approximate surface area is 197 Å². The minimum Gasteiger partial charge on any atom is -0.507 e. The number of hydrogen-bond acceptors (Lipinski definition) is 6. The first-order valence-electron chi connectivity index (χ1n) is 10.9. The number of rotatable bonds is 5. The van der Waals surface area contributed by atoms with Crippen LogP contribution in [0.4, 0.5) is 5.69 Å². The second-order valence-electron chi connectivity index (χ2n) is 8.33. The lowest BCUT2D eigenvalue weighted by Gasteiger charge is -2.25. The van der Waals surface area contributed by atoms with Gasteiger partial charge in [-0.2, -0.15) is 0 Å². The number of amides is 1. The lowest BCUT2D eigenvalue weighted by molar-refractivity contribution is -0.132. The van der Waals surface area contributed by atoms with Gasteiger partial charge in [-0.05, 0) is 50.6 Å². The molecule has 34 heavy (non-hydrogen) atoms. The van der Waals surface area contributed by atoms with Gasteiger partial charge in [0.05, 0.1) is 23.3 Å². The largest absolute Gasteiger partial charge is 0.507 e. The van der Waals surface area contributed by atoms with Crippen molar-refractivity contribution >= 4 is 29.1 Å². The Bertz CT molecular complexity index is 1280. The molecule has 2 heterocycles. The molecule has 1 fully saturated rings. The lowest BCUT2D eigenvalue weighted by Crippen LogP contribution is -2.29. The van der Waals surface area contributed by atoms with Crippen LogP contribution in [0.5, 0.6) is 0 Å². The molecule has 0 aliphatic carbocycles. The molecule has 1 N–H and O–H groups in total. The van der Waals surface area contributed by atoms with Gasteiger partial charge in [0.25, 0.3) is 11.7 Å². The van der Waals surface area contributed by atoms with E-state index in [9.17, 15) is 19.5 Å². The summed E-state index contributed by atoms with van der Waals surface area (Å²) >= 11 is 0. The molecule has 0 saturated carbocycles. The monoisotopic (exact) mass is 456 g/mol. The third kappa shape index (κ3) is 4.32. The van der Waals surface area contributed by atoms with Crippen LogP contribution in [0.25, 0.3) is 5.76 Å². The van der Waals surface area contributed by atoms with Gasteiger partial charge in [0, 0.05) is 23.6 Å². The molecular formula is C27H24N2O5. The minimum absolute atomic E-state index is 0.0444. The smallest absolute Gasteiger partial charge is 0.338 e. The van der Waals surface area contributed by atoms with Crippen molar-refractivity contribution in [1.29, 1.82) is 0 Å². The lowest BCUT2D eigenvalue weighted by atomic mass is 9.96. The highest BCUT2D eigenvalue weighted by atomic mass is 16.5. The van der Waals surface area contributed by atoms with Gasteiger partial charge in [-0.1, -0.05) is 42.0 Å². The molecule has 3 aromatic rings. The average molecular weight is 456 g/mol. The summed E-state index contributed by atoms with van der Waals surface area (Å²) in [4.78, 5) is 44.3. The molecule has 1 amide bonds. The molecule has 172 valence electrons. The number of aromatic nitrogens is 1. The number of ether oxygens (including phenoxy) is 1. The Morgan fingerprint density at radius 2 is 1.76 bits per heavy atom. The average Bonchev–Trinajstić information content (AvgIpc) is 3.10. The summed E-state index contributed by atoms with van der Waals surface area (Å²) in [5.74, 6) is -2.44. The number of aryl methyl sites for hydroxylation is 1. The summed E-state index contributed by atoms with van der Waals surface area (Å²) in [5.41, 5.74) is 2.49. The predicted molar refractivity (Wildman–Crippen MR) is 127 cm³/mol. The van der Waals surface area contributed by atoms with Crippen LogP contribution in [0.2, 0.25) is 0 Å². The fourth-order valence-corrected chi connectivity index (χ4v) is 3.88. The molecule has 1 aromatic heterocycles. The molecule has 4 rings (SSSR count). The number of Topliss-reactive ketones (excluding diaryl/α,β-unsaturated/α-hetero) is 1. The summed E-state index contributed by atoms with van der Waals surface area (Å²) < 4.78 is 5.27. The number of benzene rings is 2. The number of anilines is 1. The van der Waals surface area contributed by atoms with E-state index in [0.29, 0.717) is 16.8 Å². The van der Waals surface area contributed by atoms with Crippen molar-refractivity contribution in [3.05, 3.63) is 101 Å². The van der Waals surface area contributed by atoms with Crippen LogP contribution in [-0.4, -0.2) is 33.9 Å². The number of ketones is 1. The van der Waals surface area contributed by atoms with Crippen molar-refractivity contribution in [1.82, 2.24) is 4.98 Å². The number of esters is 1. The Morgan fingerprint density at radius 3 is 2.41 bits per heavy atom. The van der Waals surface area contributed by atoms with Gasteiger partial charge >= 0.3 is 5.97 Å². The first-order valence-corrected chi connectivity index (χ1v) is 10.9. The fraction of sp³-hybridized carbons (Fsp3) is 0.185. The van der Waals surface area contributed by atoms with Crippen molar-refractivity contribution in [3.63, 3.8) is 0 Å². The van der Waals surface area contributed by atoms with Crippen molar-refractivity contribution in [3.8, 4) is 0 Å². The number of aliphatic hydroxyl groups is 1. The highest BCUT2D eigenvalue weighted by Gasteiger charge is 2.47. The van der Waals surface area contributed by atoms with Crippen LogP contribution < -0.4 is 4.90 Å². The number of carbonyl (C=O) groups excluding carboxylic acids is 3. The first-order chi connectivity index (χ1) is 16.3. The standard InChI is InChI=1S/C27H24N2O5/c1-16(2)34-27(33)19-6-4-8-21(14-19)29-23(20-7-5-13-28-15-20)22(25(31)26(29)32)24(30)18-11-9-17(3)10-12-18/h4-16,23,30H,1-3H3/b24-22+. The topological polar surface area (TPSA) is 96.8 Å². The van der Waals surface area contributed by atoms with Crippen LogP contribution >= 0.6 is 0 Å². The number of nitrogens with zero attached hydrogens (tertiary/aromatic N) is 2. The molecule has 2 aromatic carbocycles. The van der Waals surface area contributed by atoms with Crippen LogP contribution in [-0.2, 0) is 14.3 Å². The van der Waals surface area contributed by atoms with E-state index < -0.39 is 23.7 Å². The van der Waals surface area contributed by atoms with Gasteiger partial charge in [0.15, 0.2) is 0 Å². The summed E-state index contributed by atoms with van der Waals surface area (Å²) in [5, 5.41) is 11.1. The second kappa shape index (κ2) is 9.31. The number of pyridine rings is 1. The summed E-state index contributed by atoms with van der Waals surface area (Å²) in [7, 11) is 0. The molecule has 1 saturated heterocycles. The van der Waals surface area contributed by atoms with Gasteiger partial charge in [0.2, 0.25) is 0 Å². The highest BCUT2D eigenvalue weighted by Crippen LogP contribution is 2.42. The van der Waals surface area contributed by atoms with Gasteiger partial charge < -0.3 is 9.84 Å². The molecule has 1 aliphatic heterocycles. The van der Waals surface area contributed by atoms with E-state index in [-0.39, 0.29) is 23.0 Å². The number of hydrogen-bond donors (Lipinski definition) is 1. The summed E-state index contributed by atoms with van der Waals surface area (Å²) in [6.07, 6.45) is 2.82. The predicted octanol–water partition coefficient (Wildman–Crippen LogP) is 4.58. The fourth-order valence-electron chi connectivity index (χ4n) is 3.88. The molecule has 1 atom stereocenters. The molecule has 7 heteroatoms. The van der Waals surface area contributed by atoms with Crippen LogP contribution in [0.1, 0.15) is 46.9 Å². The molecule has 0 spiro atoms. The van der Waals surface area contributed by atoms with Crippen LogP contribution in [0, 0.1) is 6.92 Å². The second-order valence-corrected chi connectivity index (χ2v) is 8.33. The van der Waals surface area contributed by atoms with Gasteiger partial charge in [-0.3, -0.25) is 19.5 Å². The van der Waals surface area contributed by atoms with E-state index in [1.165, 1.54) is 11.0 Å². The Morgan fingerprint density at radius 1 is 1.03 bits per heavy atom. The van der Waals surface area contributed by atoms with E-state index >= 15 is 0 Å². The van der Waals surface area contributed by atoms with E-state index in [1.54, 1.807) is 68.7 Å². The molecule has 1 aliphatic rings. The molecule has 0 radical (unpaired) electrons. The van der Waals surface area contributed by atoms with E-state index in [4.69, 9.17) is 4.74 Å². The molecular weight excluding hydrogens is 432 g/mol. The van der Waals surface area contributed by atoms with Crippen molar-refractivity contribution in [2.24, 2.45) is 0 Å². The zero-order valence-corrected chi connectivity index (χ0v) is 19.1. The Balaban J connectivity index is 1.87. The normalized spacial score (nSPS) is 17.3. The first kappa shape index (κ1) is 22.9. The minimum atomic E-state index is -0.925. The van der Waals surface area contributed by atoms with E-state index in [0.717, 1.165) is 5.56 Å². The third-order valence-electron chi connectivity index (χ3n) is 5.47. The maximum absolute atomic E-state index is 13.2.